The van der Waals surface area contributed by atoms with Gasteiger partial charge in [0.15, 0.2) is 0 Å². The van der Waals surface area contributed by atoms with Crippen LogP contribution in [0.4, 0.5) is 13.2 Å². The minimum absolute atomic E-state index is 0.166. The van der Waals surface area contributed by atoms with Crippen molar-refractivity contribution in [3.8, 4) is 5.75 Å². The van der Waals surface area contributed by atoms with Crippen LogP contribution in [0.2, 0.25) is 0 Å². The van der Waals surface area contributed by atoms with E-state index in [0.29, 0.717) is 12.5 Å². The predicted octanol–water partition coefficient (Wildman–Crippen LogP) is 3.32. The van der Waals surface area contributed by atoms with Crippen LogP contribution in [-0.2, 0) is 0 Å². The van der Waals surface area contributed by atoms with Crippen molar-refractivity contribution >= 4 is 0 Å². The molecule has 1 aliphatic rings. The standard InChI is InChI=1S/C15H21F3N2O/c1-11(20-8-2-3-12(9-19)10-20)13-4-6-14(7-5-13)21-15(16,17)18/h4-7,11-12H,2-3,8-10,19H2,1H3. The van der Waals surface area contributed by atoms with E-state index in [2.05, 4.69) is 16.6 Å². The molecule has 6 heteroatoms. The van der Waals surface area contributed by atoms with Crippen LogP contribution >= 0.6 is 0 Å². The summed E-state index contributed by atoms with van der Waals surface area (Å²) in [6.45, 7) is 4.69. The topological polar surface area (TPSA) is 38.5 Å². The molecule has 0 radical (unpaired) electrons. The number of piperidine rings is 1. The Morgan fingerprint density at radius 1 is 1.33 bits per heavy atom. The van der Waals surface area contributed by atoms with Crippen molar-refractivity contribution in [3.05, 3.63) is 29.8 Å². The summed E-state index contributed by atoms with van der Waals surface area (Å²) in [5, 5.41) is 0. The van der Waals surface area contributed by atoms with Crippen LogP contribution in [0.1, 0.15) is 31.4 Å². The van der Waals surface area contributed by atoms with Crippen molar-refractivity contribution < 1.29 is 17.9 Å². The Morgan fingerprint density at radius 2 is 2.00 bits per heavy atom. The fraction of sp³-hybridized carbons (Fsp3) is 0.600. The van der Waals surface area contributed by atoms with Crippen molar-refractivity contribution in [3.63, 3.8) is 0 Å². The van der Waals surface area contributed by atoms with E-state index < -0.39 is 6.36 Å². The number of nitrogens with zero attached hydrogens (tertiary/aromatic N) is 1. The van der Waals surface area contributed by atoms with Gasteiger partial charge in [0.05, 0.1) is 0 Å². The summed E-state index contributed by atoms with van der Waals surface area (Å²) >= 11 is 0. The van der Waals surface area contributed by atoms with Crippen molar-refractivity contribution in [2.75, 3.05) is 19.6 Å². The molecule has 1 heterocycles. The largest absolute Gasteiger partial charge is 0.573 e. The van der Waals surface area contributed by atoms with Gasteiger partial charge in [0.2, 0.25) is 0 Å². The highest BCUT2D eigenvalue weighted by molar-refractivity contribution is 5.29. The number of rotatable bonds is 4. The van der Waals surface area contributed by atoms with Crippen molar-refractivity contribution in [1.82, 2.24) is 4.90 Å². The molecule has 0 amide bonds. The van der Waals surface area contributed by atoms with Gasteiger partial charge in [-0.2, -0.15) is 0 Å². The van der Waals surface area contributed by atoms with E-state index in [-0.39, 0.29) is 11.8 Å². The van der Waals surface area contributed by atoms with E-state index in [1.54, 1.807) is 12.1 Å². The molecule has 2 rings (SSSR count). The quantitative estimate of drug-likeness (QED) is 0.927. The number of hydrogen-bond acceptors (Lipinski definition) is 3. The Hall–Kier alpha value is -1.27. The molecular weight excluding hydrogens is 281 g/mol. The van der Waals surface area contributed by atoms with Gasteiger partial charge in [0.1, 0.15) is 5.75 Å². The van der Waals surface area contributed by atoms with E-state index >= 15 is 0 Å². The lowest BCUT2D eigenvalue weighted by atomic mass is 9.95. The van der Waals surface area contributed by atoms with Gasteiger partial charge in [-0.15, -0.1) is 13.2 Å². The van der Waals surface area contributed by atoms with E-state index in [9.17, 15) is 13.2 Å². The first-order valence-corrected chi connectivity index (χ1v) is 7.19. The van der Waals surface area contributed by atoms with Gasteiger partial charge in [-0.05, 0) is 56.5 Å². The van der Waals surface area contributed by atoms with Crippen LogP contribution in [0.15, 0.2) is 24.3 Å². The van der Waals surface area contributed by atoms with Gasteiger partial charge >= 0.3 is 6.36 Å². The zero-order valence-electron chi connectivity index (χ0n) is 12.1. The summed E-state index contributed by atoms with van der Waals surface area (Å²) in [5.74, 6) is 0.325. The average molecular weight is 302 g/mol. The summed E-state index contributed by atoms with van der Waals surface area (Å²) < 4.78 is 40.3. The Kier molecular flexibility index (Phi) is 5.11. The number of alkyl halides is 3. The number of halogens is 3. The number of ether oxygens (including phenoxy) is 1. The molecule has 1 saturated heterocycles. The molecule has 2 atom stereocenters. The third-order valence-electron chi connectivity index (χ3n) is 4.03. The molecule has 1 fully saturated rings. The van der Waals surface area contributed by atoms with Gasteiger partial charge in [-0.3, -0.25) is 4.90 Å². The predicted molar refractivity (Wildman–Crippen MR) is 74.9 cm³/mol. The molecule has 0 saturated carbocycles. The second-order valence-corrected chi connectivity index (χ2v) is 5.53. The second-order valence-electron chi connectivity index (χ2n) is 5.53. The van der Waals surface area contributed by atoms with Crippen molar-refractivity contribution in [2.24, 2.45) is 11.7 Å². The first-order chi connectivity index (χ1) is 9.89. The molecule has 0 bridgehead atoms. The van der Waals surface area contributed by atoms with Gasteiger partial charge in [-0.25, -0.2) is 0 Å². The summed E-state index contributed by atoms with van der Waals surface area (Å²) in [5.41, 5.74) is 6.72. The first-order valence-electron chi connectivity index (χ1n) is 7.19. The Balaban J connectivity index is 2.00. The lowest BCUT2D eigenvalue weighted by Gasteiger charge is -2.36. The Labute approximate surface area is 122 Å². The second kappa shape index (κ2) is 6.66. The van der Waals surface area contributed by atoms with Gasteiger partial charge in [0.25, 0.3) is 0 Å². The summed E-state index contributed by atoms with van der Waals surface area (Å²) in [6.07, 6.45) is -2.38. The zero-order chi connectivity index (χ0) is 15.5. The number of nitrogens with two attached hydrogens (primary N) is 1. The third kappa shape index (κ3) is 4.61. The Bertz CT molecular complexity index is 447. The summed E-state index contributed by atoms with van der Waals surface area (Å²) in [4.78, 5) is 2.33. The van der Waals surface area contributed by atoms with Crippen LogP contribution in [-0.4, -0.2) is 30.9 Å². The average Bonchev–Trinajstić information content (AvgIpc) is 2.46. The van der Waals surface area contributed by atoms with Gasteiger partial charge < -0.3 is 10.5 Å². The minimum Gasteiger partial charge on any atom is -0.406 e. The molecule has 1 aromatic carbocycles. The van der Waals surface area contributed by atoms with Crippen molar-refractivity contribution in [2.45, 2.75) is 32.2 Å². The van der Waals surface area contributed by atoms with Gasteiger partial charge in [0, 0.05) is 12.6 Å². The summed E-state index contributed by atoms with van der Waals surface area (Å²) in [6, 6.07) is 6.28. The lowest BCUT2D eigenvalue weighted by Crippen LogP contribution is -2.39. The normalized spacial score (nSPS) is 22.0. The van der Waals surface area contributed by atoms with E-state index in [1.807, 2.05) is 0 Å². The summed E-state index contributed by atoms with van der Waals surface area (Å²) in [7, 11) is 0. The van der Waals surface area contributed by atoms with Crippen LogP contribution < -0.4 is 10.5 Å². The minimum atomic E-state index is -4.64. The molecule has 2 unspecified atom stereocenters. The fourth-order valence-electron chi connectivity index (χ4n) is 2.80. The SMILES string of the molecule is CC(c1ccc(OC(F)(F)F)cc1)N1CCCC(CN)C1. The zero-order valence-corrected chi connectivity index (χ0v) is 12.1. The molecule has 3 nitrogen and oxygen atoms in total. The third-order valence-corrected chi connectivity index (χ3v) is 4.03. The van der Waals surface area contributed by atoms with Crippen LogP contribution in [0.25, 0.3) is 0 Å². The number of likely N-dealkylation sites (tertiary alicyclic amines) is 1. The van der Waals surface area contributed by atoms with Crippen molar-refractivity contribution in [1.29, 1.82) is 0 Å². The lowest BCUT2D eigenvalue weighted by molar-refractivity contribution is -0.274. The first kappa shape index (κ1) is 16.1. The molecule has 0 spiro atoms. The van der Waals surface area contributed by atoms with Crippen LogP contribution in [0.5, 0.6) is 5.75 Å². The smallest absolute Gasteiger partial charge is 0.406 e. The van der Waals surface area contributed by atoms with Crippen LogP contribution in [0.3, 0.4) is 0 Å². The molecule has 118 valence electrons. The number of benzene rings is 1. The molecule has 2 N–H and O–H groups in total. The maximum atomic E-state index is 12.1. The van der Waals surface area contributed by atoms with Gasteiger partial charge in [-0.1, -0.05) is 12.1 Å². The van der Waals surface area contributed by atoms with Crippen LogP contribution in [0, 0.1) is 5.92 Å². The molecule has 1 aliphatic heterocycles. The molecule has 21 heavy (non-hydrogen) atoms. The van der Waals surface area contributed by atoms with E-state index in [0.717, 1.165) is 31.5 Å². The van der Waals surface area contributed by atoms with E-state index in [4.69, 9.17) is 5.73 Å². The highest BCUT2D eigenvalue weighted by Crippen LogP contribution is 2.29. The number of hydrogen-bond donors (Lipinski definition) is 1. The highest BCUT2D eigenvalue weighted by Gasteiger charge is 2.31. The highest BCUT2D eigenvalue weighted by atomic mass is 19.4. The molecule has 0 aromatic heterocycles. The monoisotopic (exact) mass is 302 g/mol. The maximum Gasteiger partial charge on any atom is 0.573 e. The van der Waals surface area contributed by atoms with E-state index in [1.165, 1.54) is 12.1 Å². The Morgan fingerprint density at radius 3 is 2.57 bits per heavy atom. The molecular formula is C15H21F3N2O. The maximum absolute atomic E-state index is 12.1. The molecule has 1 aromatic rings. The fourth-order valence-corrected chi connectivity index (χ4v) is 2.80. The molecule has 0 aliphatic carbocycles.